The van der Waals surface area contributed by atoms with Gasteiger partial charge in [0.25, 0.3) is 0 Å². The van der Waals surface area contributed by atoms with E-state index in [0.29, 0.717) is 12.8 Å². The smallest absolute Gasteiger partial charge is 0.153 e. The van der Waals surface area contributed by atoms with E-state index in [2.05, 4.69) is 21.5 Å². The van der Waals surface area contributed by atoms with Crippen LogP contribution in [0, 0.1) is 0 Å². The highest BCUT2D eigenvalue weighted by Gasteiger charge is 2.21. The van der Waals surface area contributed by atoms with Crippen molar-refractivity contribution in [2.75, 3.05) is 5.32 Å². The molecule has 4 rings (SSSR count). The molecular formula is C19H18N4O. The largest absolute Gasteiger partial charge is 0.381 e. The number of pyridine rings is 1. The summed E-state index contributed by atoms with van der Waals surface area (Å²) in [6, 6.07) is 11.9. The summed E-state index contributed by atoms with van der Waals surface area (Å²) in [6.45, 7) is 2.04. The number of Topliss-reactive ketones (excluding diaryl/α,β-unsaturated/α-hetero) is 1. The molecule has 1 aliphatic rings. The highest BCUT2D eigenvalue weighted by atomic mass is 16.1. The summed E-state index contributed by atoms with van der Waals surface area (Å²) in [5.41, 5.74) is 4.16. The molecule has 3 aromatic rings. The van der Waals surface area contributed by atoms with Gasteiger partial charge in [-0.2, -0.15) is 5.10 Å². The molecule has 0 saturated carbocycles. The minimum Gasteiger partial charge on any atom is -0.381 e. The van der Waals surface area contributed by atoms with Crippen LogP contribution in [0.3, 0.4) is 0 Å². The summed E-state index contributed by atoms with van der Waals surface area (Å²) in [7, 11) is 0. The molecule has 0 amide bonds. The fourth-order valence-corrected chi connectivity index (χ4v) is 3.16. The first kappa shape index (κ1) is 14.6. The lowest BCUT2D eigenvalue weighted by Crippen LogP contribution is -2.17. The number of carbonyl (C=O) groups excluding carboxylic acids is 1. The molecule has 1 atom stereocenters. The Balaban J connectivity index is 1.77. The quantitative estimate of drug-likeness (QED) is 0.788. The van der Waals surface area contributed by atoms with E-state index in [4.69, 9.17) is 0 Å². The summed E-state index contributed by atoms with van der Waals surface area (Å²) < 4.78 is 1.76. The molecule has 5 nitrogen and oxygen atoms in total. The van der Waals surface area contributed by atoms with Gasteiger partial charge in [0.1, 0.15) is 5.78 Å². The Morgan fingerprint density at radius 1 is 1.21 bits per heavy atom. The molecule has 0 unspecified atom stereocenters. The fraction of sp³-hybridized carbons (Fsp3) is 0.211. The number of carbonyl (C=O) groups is 1. The summed E-state index contributed by atoms with van der Waals surface area (Å²) in [4.78, 5) is 16.3. The molecule has 0 saturated heterocycles. The Hall–Kier alpha value is -2.95. The average molecular weight is 318 g/mol. The van der Waals surface area contributed by atoms with Crippen molar-refractivity contribution in [1.82, 2.24) is 14.8 Å². The van der Waals surface area contributed by atoms with E-state index in [9.17, 15) is 4.79 Å². The molecule has 0 spiro atoms. The maximum Gasteiger partial charge on any atom is 0.153 e. The van der Waals surface area contributed by atoms with Crippen LogP contribution in [0.25, 0.3) is 16.9 Å². The third kappa shape index (κ3) is 2.69. The van der Waals surface area contributed by atoms with Gasteiger partial charge in [-0.05, 0) is 24.6 Å². The van der Waals surface area contributed by atoms with Crippen LogP contribution in [-0.2, 0) is 11.2 Å². The van der Waals surface area contributed by atoms with Crippen LogP contribution in [0.5, 0.6) is 0 Å². The zero-order chi connectivity index (χ0) is 16.5. The minimum atomic E-state index is 0.130. The van der Waals surface area contributed by atoms with Gasteiger partial charge in [-0.25, -0.2) is 9.67 Å². The average Bonchev–Trinajstić information content (AvgIpc) is 3.01. The molecule has 5 heteroatoms. The van der Waals surface area contributed by atoms with E-state index < -0.39 is 0 Å². The second-order valence-electron chi connectivity index (χ2n) is 6.17. The monoisotopic (exact) mass is 318 g/mol. The van der Waals surface area contributed by atoms with Gasteiger partial charge in [-0.1, -0.05) is 24.3 Å². The van der Waals surface area contributed by atoms with Crippen LogP contribution in [0.1, 0.15) is 18.9 Å². The molecule has 3 heterocycles. The van der Waals surface area contributed by atoms with E-state index in [1.54, 1.807) is 10.9 Å². The van der Waals surface area contributed by atoms with Crippen LogP contribution in [-0.4, -0.2) is 26.6 Å². The third-order valence-corrected chi connectivity index (χ3v) is 4.24. The Morgan fingerprint density at radius 3 is 2.96 bits per heavy atom. The summed E-state index contributed by atoms with van der Waals surface area (Å²) >= 11 is 0. The number of para-hydroxylation sites is 1. The normalized spacial score (nSPS) is 17.0. The van der Waals surface area contributed by atoms with Gasteiger partial charge >= 0.3 is 0 Å². The van der Waals surface area contributed by atoms with Gasteiger partial charge in [-0.15, -0.1) is 0 Å². The van der Waals surface area contributed by atoms with Crippen molar-refractivity contribution in [2.24, 2.45) is 0 Å². The van der Waals surface area contributed by atoms with E-state index in [1.165, 1.54) is 0 Å². The molecule has 1 aromatic carbocycles. The molecule has 0 fully saturated rings. The van der Waals surface area contributed by atoms with Crippen LogP contribution in [0.2, 0.25) is 0 Å². The number of rotatable bonds is 2. The zero-order valence-electron chi connectivity index (χ0n) is 13.4. The first-order valence-corrected chi connectivity index (χ1v) is 8.07. The molecule has 1 aliphatic heterocycles. The van der Waals surface area contributed by atoms with E-state index in [-0.39, 0.29) is 11.8 Å². The van der Waals surface area contributed by atoms with E-state index >= 15 is 0 Å². The van der Waals surface area contributed by atoms with Crippen molar-refractivity contribution >= 4 is 11.5 Å². The van der Waals surface area contributed by atoms with Crippen LogP contribution < -0.4 is 5.32 Å². The molecule has 2 aromatic heterocycles. The lowest BCUT2D eigenvalue weighted by molar-refractivity contribution is -0.118. The molecule has 0 radical (unpaired) electrons. The lowest BCUT2D eigenvalue weighted by atomic mass is 10.00. The van der Waals surface area contributed by atoms with Gasteiger partial charge < -0.3 is 5.32 Å². The van der Waals surface area contributed by atoms with Crippen molar-refractivity contribution in [1.29, 1.82) is 0 Å². The predicted molar refractivity (Wildman–Crippen MR) is 93.2 cm³/mol. The van der Waals surface area contributed by atoms with Gasteiger partial charge in [-0.3, -0.25) is 4.79 Å². The van der Waals surface area contributed by atoms with Crippen molar-refractivity contribution in [3.05, 3.63) is 60.6 Å². The number of aromatic nitrogens is 3. The van der Waals surface area contributed by atoms with Crippen LogP contribution >= 0.6 is 0 Å². The van der Waals surface area contributed by atoms with Crippen LogP contribution in [0.4, 0.5) is 5.69 Å². The SMILES string of the molecule is C[C@@H]1CC(=O)Cc2cccc(-c3cnn(-c4ccccn4)c3)c2N1. The maximum atomic E-state index is 12.0. The number of nitrogens with one attached hydrogen (secondary N) is 1. The standard InChI is InChI=1S/C19H18N4O/c1-13-9-16(24)10-14-5-4-6-17(19(14)22-13)15-11-21-23(12-15)18-7-2-3-8-20-18/h2-8,11-13,22H,9-10H2,1H3/t13-/m1/s1. The minimum absolute atomic E-state index is 0.130. The van der Waals surface area contributed by atoms with Gasteiger partial charge in [0.05, 0.1) is 6.20 Å². The first-order chi connectivity index (χ1) is 11.7. The first-order valence-electron chi connectivity index (χ1n) is 8.07. The Labute approximate surface area is 140 Å². The third-order valence-electron chi connectivity index (χ3n) is 4.24. The van der Waals surface area contributed by atoms with Gasteiger partial charge in [0, 0.05) is 48.1 Å². The summed E-state index contributed by atoms with van der Waals surface area (Å²) in [5, 5.41) is 7.92. The topological polar surface area (TPSA) is 59.8 Å². The highest BCUT2D eigenvalue weighted by Crippen LogP contribution is 2.34. The Morgan fingerprint density at radius 2 is 2.12 bits per heavy atom. The second kappa shape index (κ2) is 5.92. The molecule has 24 heavy (non-hydrogen) atoms. The van der Waals surface area contributed by atoms with Crippen molar-refractivity contribution in [3.8, 4) is 16.9 Å². The van der Waals surface area contributed by atoms with E-state index in [0.717, 1.165) is 28.2 Å². The van der Waals surface area contributed by atoms with Crippen molar-refractivity contribution < 1.29 is 4.79 Å². The number of fused-ring (bicyclic) bond motifs is 1. The van der Waals surface area contributed by atoms with Gasteiger partial charge in [0.2, 0.25) is 0 Å². The number of hydrogen-bond donors (Lipinski definition) is 1. The molecule has 0 bridgehead atoms. The zero-order valence-corrected chi connectivity index (χ0v) is 13.4. The molecular weight excluding hydrogens is 300 g/mol. The number of ketones is 1. The lowest BCUT2D eigenvalue weighted by Gasteiger charge is -2.16. The fourth-order valence-electron chi connectivity index (χ4n) is 3.16. The number of benzene rings is 1. The maximum absolute atomic E-state index is 12.0. The van der Waals surface area contributed by atoms with Crippen molar-refractivity contribution in [3.63, 3.8) is 0 Å². The summed E-state index contributed by atoms with van der Waals surface area (Å²) in [6.07, 6.45) is 6.59. The number of nitrogens with zero attached hydrogens (tertiary/aromatic N) is 3. The number of hydrogen-bond acceptors (Lipinski definition) is 4. The highest BCUT2D eigenvalue weighted by molar-refractivity contribution is 5.89. The Kier molecular flexibility index (Phi) is 3.61. The second-order valence-corrected chi connectivity index (χ2v) is 6.17. The van der Waals surface area contributed by atoms with E-state index in [1.807, 2.05) is 49.6 Å². The Bertz CT molecular complexity index is 885. The number of anilines is 1. The molecule has 0 aliphatic carbocycles. The van der Waals surface area contributed by atoms with Gasteiger partial charge in [0.15, 0.2) is 5.82 Å². The molecule has 1 N–H and O–H groups in total. The van der Waals surface area contributed by atoms with Crippen LogP contribution in [0.15, 0.2) is 55.0 Å². The molecule has 120 valence electrons. The van der Waals surface area contributed by atoms with Crippen molar-refractivity contribution in [2.45, 2.75) is 25.8 Å². The summed E-state index contributed by atoms with van der Waals surface area (Å²) in [5.74, 6) is 1.05. The predicted octanol–water partition coefficient (Wildman–Crippen LogP) is 3.25.